The van der Waals surface area contributed by atoms with Crippen molar-refractivity contribution < 1.29 is 4.79 Å². The van der Waals surface area contributed by atoms with Crippen LogP contribution in [-0.2, 0) is 17.9 Å². The molecule has 8 heteroatoms. The van der Waals surface area contributed by atoms with Gasteiger partial charge in [0, 0.05) is 5.69 Å². The van der Waals surface area contributed by atoms with Gasteiger partial charge in [-0.15, -0.1) is 5.10 Å². The van der Waals surface area contributed by atoms with Gasteiger partial charge < -0.3 is 5.32 Å². The minimum atomic E-state index is -0.399. The number of aryl methyl sites for hydroxylation is 2. The van der Waals surface area contributed by atoms with Crippen LogP contribution in [-0.4, -0.2) is 30.5 Å². The van der Waals surface area contributed by atoms with Gasteiger partial charge in [-0.25, -0.2) is 9.67 Å². The summed E-state index contributed by atoms with van der Waals surface area (Å²) in [6.07, 6.45) is 1.36. The first-order valence-corrected chi connectivity index (χ1v) is 9.20. The summed E-state index contributed by atoms with van der Waals surface area (Å²) in [6, 6.07) is 15.5. The van der Waals surface area contributed by atoms with E-state index in [1.54, 1.807) is 10.7 Å². The van der Waals surface area contributed by atoms with Gasteiger partial charge in [0.2, 0.25) is 5.91 Å². The number of amides is 1. The Morgan fingerprint density at radius 3 is 2.62 bits per heavy atom. The number of fused-ring (bicyclic) bond motifs is 1. The maximum Gasteiger partial charge on any atom is 0.283 e. The third-order valence-electron chi connectivity index (χ3n) is 4.56. The molecule has 1 amide bonds. The molecule has 4 aromatic rings. The van der Waals surface area contributed by atoms with Crippen molar-refractivity contribution in [1.29, 1.82) is 0 Å². The molecule has 146 valence electrons. The van der Waals surface area contributed by atoms with Crippen molar-refractivity contribution in [3.8, 4) is 0 Å². The van der Waals surface area contributed by atoms with Crippen molar-refractivity contribution in [2.45, 2.75) is 26.9 Å². The number of benzene rings is 2. The summed E-state index contributed by atoms with van der Waals surface area (Å²) < 4.78 is 2.82. The van der Waals surface area contributed by atoms with Crippen LogP contribution in [0.2, 0.25) is 0 Å². The number of rotatable bonds is 5. The van der Waals surface area contributed by atoms with E-state index in [9.17, 15) is 9.59 Å². The fraction of sp³-hybridized carbons (Fsp3) is 0.190. The lowest BCUT2D eigenvalue weighted by atomic mass is 10.1. The zero-order valence-electron chi connectivity index (χ0n) is 16.2. The predicted molar refractivity (Wildman–Crippen MR) is 110 cm³/mol. The fourth-order valence-electron chi connectivity index (χ4n) is 3.05. The number of anilines is 1. The molecule has 2 aromatic carbocycles. The summed E-state index contributed by atoms with van der Waals surface area (Å²) in [6.45, 7) is 4.27. The van der Waals surface area contributed by atoms with Gasteiger partial charge in [-0.3, -0.25) is 14.2 Å². The largest absolute Gasteiger partial charge is 0.325 e. The van der Waals surface area contributed by atoms with Crippen LogP contribution in [0.15, 0.2) is 59.7 Å². The normalized spacial score (nSPS) is 11.0. The van der Waals surface area contributed by atoms with Gasteiger partial charge in [-0.05, 0) is 37.1 Å². The fourth-order valence-corrected chi connectivity index (χ4v) is 3.05. The minimum Gasteiger partial charge on any atom is -0.325 e. The van der Waals surface area contributed by atoms with E-state index in [1.165, 1.54) is 16.5 Å². The van der Waals surface area contributed by atoms with Crippen LogP contribution in [0.1, 0.15) is 16.7 Å². The van der Waals surface area contributed by atoms with Gasteiger partial charge in [-0.2, -0.15) is 0 Å². The van der Waals surface area contributed by atoms with Crippen LogP contribution in [0.25, 0.3) is 11.2 Å². The smallest absolute Gasteiger partial charge is 0.283 e. The number of carbonyl (C=O) groups is 1. The highest BCUT2D eigenvalue weighted by molar-refractivity contribution is 5.90. The Hall–Kier alpha value is -3.81. The Kier molecular flexibility index (Phi) is 4.90. The summed E-state index contributed by atoms with van der Waals surface area (Å²) in [7, 11) is 0. The van der Waals surface area contributed by atoms with Crippen molar-refractivity contribution in [1.82, 2.24) is 24.5 Å². The van der Waals surface area contributed by atoms with Crippen molar-refractivity contribution in [2.24, 2.45) is 0 Å². The molecule has 1 N–H and O–H groups in total. The van der Waals surface area contributed by atoms with E-state index in [2.05, 4.69) is 20.6 Å². The molecule has 0 aliphatic heterocycles. The average Bonchev–Trinajstić information content (AvgIpc) is 3.09. The number of nitrogens with one attached hydrogen (secondary N) is 1. The summed E-state index contributed by atoms with van der Waals surface area (Å²) in [5.74, 6) is -0.314. The SMILES string of the molecule is Cc1ccc(Cn2nnc3c(=O)n(CC(=O)Nc4cccc(C)c4)cnc32)cc1. The van der Waals surface area contributed by atoms with Gasteiger partial charge in [0.25, 0.3) is 5.56 Å². The number of carbonyl (C=O) groups excluding carboxylic acids is 1. The lowest BCUT2D eigenvalue weighted by molar-refractivity contribution is -0.116. The van der Waals surface area contributed by atoms with Crippen LogP contribution in [0.3, 0.4) is 0 Å². The van der Waals surface area contributed by atoms with Crippen molar-refractivity contribution in [2.75, 3.05) is 5.32 Å². The first-order chi connectivity index (χ1) is 14.0. The molecule has 0 spiro atoms. The monoisotopic (exact) mass is 388 g/mol. The molecule has 8 nitrogen and oxygen atoms in total. The van der Waals surface area contributed by atoms with Crippen LogP contribution in [0.4, 0.5) is 5.69 Å². The van der Waals surface area contributed by atoms with E-state index in [0.29, 0.717) is 17.9 Å². The van der Waals surface area contributed by atoms with Crippen LogP contribution < -0.4 is 10.9 Å². The Balaban J connectivity index is 1.54. The van der Waals surface area contributed by atoms with Crippen molar-refractivity contribution in [3.05, 3.63) is 81.9 Å². The molecular weight excluding hydrogens is 368 g/mol. The van der Waals surface area contributed by atoms with Crippen LogP contribution in [0.5, 0.6) is 0 Å². The topological polar surface area (TPSA) is 94.7 Å². The maximum absolute atomic E-state index is 12.7. The van der Waals surface area contributed by atoms with E-state index >= 15 is 0 Å². The second-order valence-corrected chi connectivity index (χ2v) is 7.00. The van der Waals surface area contributed by atoms with E-state index in [4.69, 9.17) is 0 Å². The molecule has 0 fully saturated rings. The molecule has 0 radical (unpaired) electrons. The molecule has 0 aliphatic rings. The molecule has 0 atom stereocenters. The molecular formula is C21H20N6O2. The standard InChI is InChI=1S/C21H20N6O2/c1-14-6-8-16(9-7-14)11-27-20-19(24-25-27)21(29)26(13-22-20)12-18(28)23-17-5-3-4-15(2)10-17/h3-10,13H,11-12H2,1-2H3,(H,23,28). The molecule has 0 saturated heterocycles. The van der Waals surface area contributed by atoms with Crippen molar-refractivity contribution >= 4 is 22.8 Å². The molecule has 0 unspecified atom stereocenters. The number of hydrogen-bond acceptors (Lipinski definition) is 5. The van der Waals surface area contributed by atoms with Gasteiger partial charge in [0.05, 0.1) is 6.54 Å². The highest BCUT2D eigenvalue weighted by Crippen LogP contribution is 2.10. The van der Waals surface area contributed by atoms with Gasteiger partial charge in [0.1, 0.15) is 12.9 Å². The Bertz CT molecular complexity index is 1240. The zero-order chi connectivity index (χ0) is 20.4. The lowest BCUT2D eigenvalue weighted by Crippen LogP contribution is -2.28. The number of hydrogen-bond donors (Lipinski definition) is 1. The second kappa shape index (κ2) is 7.67. The molecule has 0 saturated carbocycles. The Morgan fingerprint density at radius 1 is 1.07 bits per heavy atom. The molecule has 4 rings (SSSR count). The van der Waals surface area contributed by atoms with E-state index < -0.39 is 5.56 Å². The summed E-state index contributed by atoms with van der Waals surface area (Å²) in [5.41, 5.74) is 4.06. The molecule has 0 bridgehead atoms. The first-order valence-electron chi connectivity index (χ1n) is 9.20. The predicted octanol–water partition coefficient (Wildman–Crippen LogP) is 2.29. The molecule has 2 heterocycles. The zero-order valence-corrected chi connectivity index (χ0v) is 16.2. The van der Waals surface area contributed by atoms with Gasteiger partial charge in [-0.1, -0.05) is 47.2 Å². The third kappa shape index (κ3) is 4.06. The summed E-state index contributed by atoms with van der Waals surface area (Å²) >= 11 is 0. The molecule has 29 heavy (non-hydrogen) atoms. The van der Waals surface area contributed by atoms with E-state index in [-0.39, 0.29) is 18.0 Å². The van der Waals surface area contributed by atoms with Crippen LogP contribution >= 0.6 is 0 Å². The molecule has 2 aromatic heterocycles. The number of nitrogens with zero attached hydrogens (tertiary/aromatic N) is 5. The van der Waals surface area contributed by atoms with Crippen LogP contribution in [0, 0.1) is 13.8 Å². The third-order valence-corrected chi connectivity index (χ3v) is 4.56. The molecule has 0 aliphatic carbocycles. The number of aromatic nitrogens is 5. The Labute approximate surface area is 166 Å². The first kappa shape index (κ1) is 18.5. The second-order valence-electron chi connectivity index (χ2n) is 7.00. The van der Waals surface area contributed by atoms with E-state index in [1.807, 2.05) is 56.3 Å². The highest BCUT2D eigenvalue weighted by Gasteiger charge is 2.14. The van der Waals surface area contributed by atoms with E-state index in [0.717, 1.165) is 11.1 Å². The van der Waals surface area contributed by atoms with Gasteiger partial charge in [0.15, 0.2) is 11.2 Å². The quantitative estimate of drug-likeness (QED) is 0.566. The summed E-state index contributed by atoms with van der Waals surface area (Å²) in [4.78, 5) is 29.3. The maximum atomic E-state index is 12.7. The van der Waals surface area contributed by atoms with Crippen molar-refractivity contribution in [3.63, 3.8) is 0 Å². The Morgan fingerprint density at radius 2 is 1.86 bits per heavy atom. The van der Waals surface area contributed by atoms with Gasteiger partial charge >= 0.3 is 0 Å². The minimum absolute atomic E-state index is 0.142. The average molecular weight is 388 g/mol. The lowest BCUT2D eigenvalue weighted by Gasteiger charge is -2.08. The highest BCUT2D eigenvalue weighted by atomic mass is 16.2. The summed E-state index contributed by atoms with van der Waals surface area (Å²) in [5, 5.41) is 10.8.